The normalized spacial score (nSPS) is 11.8. The van der Waals surface area contributed by atoms with Gasteiger partial charge in [0, 0.05) is 5.69 Å². The molecule has 1 aromatic rings. The molecule has 1 N–H and O–H groups in total. The molecule has 4 nitrogen and oxygen atoms in total. The van der Waals surface area contributed by atoms with Crippen molar-refractivity contribution >= 4 is 11.7 Å². The van der Waals surface area contributed by atoms with Crippen LogP contribution in [-0.4, -0.2) is 19.1 Å². The lowest BCUT2D eigenvalue weighted by atomic mass is 10.0. The lowest BCUT2D eigenvalue weighted by Crippen LogP contribution is -2.32. The Labute approximate surface area is 112 Å². The Morgan fingerprint density at radius 3 is 2.68 bits per heavy atom. The van der Waals surface area contributed by atoms with Crippen molar-refractivity contribution < 1.29 is 13.9 Å². The van der Waals surface area contributed by atoms with Crippen LogP contribution in [-0.2, 0) is 9.53 Å². The van der Waals surface area contributed by atoms with E-state index >= 15 is 0 Å². The number of carbonyl (C=O) groups is 1. The summed E-state index contributed by atoms with van der Waals surface area (Å²) in [5, 5.41) is 11.6. The molecule has 19 heavy (non-hydrogen) atoms. The van der Waals surface area contributed by atoms with Gasteiger partial charge in [0.15, 0.2) is 0 Å². The summed E-state index contributed by atoms with van der Waals surface area (Å²) in [5.41, 5.74) is 0.427. The molecule has 1 rings (SSSR count). The maximum atomic E-state index is 13.5. The fourth-order valence-electron chi connectivity index (χ4n) is 1.72. The molecular weight excluding hydrogens is 247 g/mol. The number of anilines is 1. The first-order chi connectivity index (χ1) is 8.97. The zero-order valence-corrected chi connectivity index (χ0v) is 11.2. The van der Waals surface area contributed by atoms with Gasteiger partial charge in [-0.25, -0.2) is 9.18 Å². The molecule has 1 atom stereocenters. The Morgan fingerprint density at radius 1 is 1.53 bits per heavy atom. The first-order valence-corrected chi connectivity index (χ1v) is 6.02. The second-order valence-electron chi connectivity index (χ2n) is 4.66. The maximum absolute atomic E-state index is 13.5. The Morgan fingerprint density at radius 2 is 2.21 bits per heavy atom. The monoisotopic (exact) mass is 264 g/mol. The van der Waals surface area contributed by atoms with Crippen LogP contribution in [0.2, 0.25) is 0 Å². The highest BCUT2D eigenvalue weighted by Gasteiger charge is 2.20. The molecule has 1 aromatic carbocycles. The number of nitrogens with one attached hydrogen (secondary N) is 1. The molecule has 102 valence electrons. The number of carbonyl (C=O) groups excluding carboxylic acids is 1. The third-order valence-corrected chi connectivity index (χ3v) is 2.62. The summed E-state index contributed by atoms with van der Waals surface area (Å²) in [5.74, 6) is -0.709. The van der Waals surface area contributed by atoms with Gasteiger partial charge in [-0.15, -0.1) is 0 Å². The molecule has 5 heteroatoms. The topological polar surface area (TPSA) is 62.1 Å². The van der Waals surface area contributed by atoms with Gasteiger partial charge in [-0.1, -0.05) is 13.8 Å². The summed E-state index contributed by atoms with van der Waals surface area (Å²) in [6, 6.07) is 5.36. The number of esters is 1. The van der Waals surface area contributed by atoms with E-state index < -0.39 is 17.8 Å². The molecule has 0 heterocycles. The number of ether oxygens (including phenoxy) is 1. The van der Waals surface area contributed by atoms with Crippen molar-refractivity contribution in [3.8, 4) is 6.07 Å². The SMILES string of the molecule is COC(=O)C(CC(C)C)Nc1ccc(C#N)c(F)c1. The second-order valence-corrected chi connectivity index (χ2v) is 4.66. The van der Waals surface area contributed by atoms with Crippen LogP contribution in [0.25, 0.3) is 0 Å². The Hall–Kier alpha value is -2.09. The summed E-state index contributed by atoms with van der Waals surface area (Å²) in [6.07, 6.45) is 0.578. The molecule has 0 radical (unpaired) electrons. The number of hydrogen-bond acceptors (Lipinski definition) is 4. The largest absolute Gasteiger partial charge is 0.467 e. The van der Waals surface area contributed by atoms with Crippen molar-refractivity contribution in [3.63, 3.8) is 0 Å². The van der Waals surface area contributed by atoms with Crippen LogP contribution in [0.4, 0.5) is 10.1 Å². The minimum atomic E-state index is -0.610. The molecule has 0 aliphatic heterocycles. The van der Waals surface area contributed by atoms with Crippen molar-refractivity contribution in [2.45, 2.75) is 26.3 Å². The second kappa shape index (κ2) is 6.74. The molecule has 0 bridgehead atoms. The minimum absolute atomic E-state index is 0.0240. The Bertz CT molecular complexity index is 495. The van der Waals surface area contributed by atoms with Crippen LogP contribution in [0, 0.1) is 23.1 Å². The highest BCUT2D eigenvalue weighted by molar-refractivity contribution is 5.79. The van der Waals surface area contributed by atoms with Gasteiger partial charge in [-0.2, -0.15) is 5.26 Å². The molecule has 0 amide bonds. The van der Waals surface area contributed by atoms with Crippen molar-refractivity contribution in [1.29, 1.82) is 5.26 Å². The van der Waals surface area contributed by atoms with Crippen molar-refractivity contribution in [3.05, 3.63) is 29.6 Å². The van der Waals surface area contributed by atoms with Crippen molar-refractivity contribution in [2.75, 3.05) is 12.4 Å². The van der Waals surface area contributed by atoms with Crippen LogP contribution >= 0.6 is 0 Å². The fourth-order valence-corrected chi connectivity index (χ4v) is 1.72. The van der Waals surface area contributed by atoms with E-state index in [4.69, 9.17) is 10.00 Å². The van der Waals surface area contributed by atoms with Crippen LogP contribution < -0.4 is 5.32 Å². The van der Waals surface area contributed by atoms with E-state index in [1.165, 1.54) is 19.2 Å². The highest BCUT2D eigenvalue weighted by atomic mass is 19.1. The summed E-state index contributed by atoms with van der Waals surface area (Å²) < 4.78 is 18.2. The molecule has 0 fully saturated rings. The van der Waals surface area contributed by atoms with Crippen LogP contribution in [0.15, 0.2) is 18.2 Å². The first-order valence-electron chi connectivity index (χ1n) is 6.02. The third-order valence-electron chi connectivity index (χ3n) is 2.62. The molecule has 0 spiro atoms. The van der Waals surface area contributed by atoms with Gasteiger partial charge in [0.1, 0.15) is 17.9 Å². The third kappa shape index (κ3) is 4.25. The predicted octanol–water partition coefficient (Wildman–Crippen LogP) is 2.70. The molecule has 0 saturated heterocycles. The lowest BCUT2D eigenvalue weighted by Gasteiger charge is -2.19. The van der Waals surface area contributed by atoms with Crippen molar-refractivity contribution in [2.24, 2.45) is 5.92 Å². The zero-order chi connectivity index (χ0) is 14.4. The summed E-state index contributed by atoms with van der Waals surface area (Å²) in [4.78, 5) is 11.6. The number of methoxy groups -OCH3 is 1. The first kappa shape index (κ1) is 15.0. The zero-order valence-electron chi connectivity index (χ0n) is 11.2. The van der Waals surface area contributed by atoms with Gasteiger partial charge in [-0.05, 0) is 30.5 Å². The molecular formula is C14H17FN2O2. The smallest absolute Gasteiger partial charge is 0.328 e. The van der Waals surface area contributed by atoms with Crippen LogP contribution in [0.1, 0.15) is 25.8 Å². The number of nitrogens with zero attached hydrogens (tertiary/aromatic N) is 1. The minimum Gasteiger partial charge on any atom is -0.467 e. The molecule has 0 aliphatic rings. The molecule has 0 aliphatic carbocycles. The highest BCUT2D eigenvalue weighted by Crippen LogP contribution is 2.17. The quantitative estimate of drug-likeness (QED) is 0.830. The fraction of sp³-hybridized carbons (Fsp3) is 0.429. The molecule has 1 unspecified atom stereocenters. The summed E-state index contributed by atoms with van der Waals surface area (Å²) in [6.45, 7) is 3.97. The Balaban J connectivity index is 2.87. The summed E-state index contributed by atoms with van der Waals surface area (Å²) in [7, 11) is 1.32. The number of benzene rings is 1. The van der Waals surface area contributed by atoms with Crippen molar-refractivity contribution in [1.82, 2.24) is 0 Å². The predicted molar refractivity (Wildman–Crippen MR) is 70.0 cm³/mol. The Kier molecular flexibility index (Phi) is 5.31. The number of hydrogen-bond donors (Lipinski definition) is 1. The average molecular weight is 264 g/mol. The van der Waals surface area contributed by atoms with Gasteiger partial charge < -0.3 is 10.1 Å². The standard InChI is InChI=1S/C14H17FN2O2/c1-9(2)6-13(14(18)19-3)17-11-5-4-10(8-16)12(15)7-11/h4-5,7,9,13,17H,6H2,1-3H3. The van der Waals surface area contributed by atoms with E-state index in [0.717, 1.165) is 0 Å². The average Bonchev–Trinajstić information content (AvgIpc) is 2.36. The molecule has 0 aromatic heterocycles. The van der Waals surface area contributed by atoms with E-state index in [1.807, 2.05) is 13.8 Å². The van der Waals surface area contributed by atoms with E-state index in [0.29, 0.717) is 18.0 Å². The van der Waals surface area contributed by atoms with E-state index in [-0.39, 0.29) is 5.56 Å². The number of halogens is 1. The number of nitriles is 1. The van der Waals surface area contributed by atoms with E-state index in [2.05, 4.69) is 5.32 Å². The summed E-state index contributed by atoms with van der Waals surface area (Å²) >= 11 is 0. The molecule has 0 saturated carbocycles. The van der Waals surface area contributed by atoms with Gasteiger partial charge in [0.05, 0.1) is 12.7 Å². The van der Waals surface area contributed by atoms with Crippen LogP contribution in [0.3, 0.4) is 0 Å². The lowest BCUT2D eigenvalue weighted by molar-refractivity contribution is -0.141. The van der Waals surface area contributed by atoms with E-state index in [9.17, 15) is 9.18 Å². The van der Waals surface area contributed by atoms with Gasteiger partial charge in [0.25, 0.3) is 0 Å². The van der Waals surface area contributed by atoms with Gasteiger partial charge in [0.2, 0.25) is 0 Å². The van der Waals surface area contributed by atoms with Gasteiger partial charge in [-0.3, -0.25) is 0 Å². The van der Waals surface area contributed by atoms with Crippen LogP contribution in [0.5, 0.6) is 0 Å². The maximum Gasteiger partial charge on any atom is 0.328 e. The van der Waals surface area contributed by atoms with E-state index in [1.54, 1.807) is 12.1 Å². The van der Waals surface area contributed by atoms with Gasteiger partial charge >= 0.3 is 5.97 Å². The number of rotatable bonds is 5.